The molecule has 2 heterocycles. The van der Waals surface area contributed by atoms with E-state index in [1.807, 2.05) is 12.4 Å². The van der Waals surface area contributed by atoms with Crippen LogP contribution in [0.3, 0.4) is 0 Å². The molecule has 0 atom stereocenters. The maximum Gasteiger partial charge on any atom is 0.146 e. The van der Waals surface area contributed by atoms with Gasteiger partial charge >= 0.3 is 0 Å². The highest BCUT2D eigenvalue weighted by Gasteiger charge is 2.16. The van der Waals surface area contributed by atoms with Gasteiger partial charge < -0.3 is 4.42 Å². The lowest BCUT2D eigenvalue weighted by molar-refractivity contribution is 0.657. The zero-order valence-electron chi connectivity index (χ0n) is 13.6. The summed E-state index contributed by atoms with van der Waals surface area (Å²) in [6.07, 6.45) is 3.80. The first kappa shape index (κ1) is 14.0. The lowest BCUT2D eigenvalue weighted by Gasteiger charge is -2.04. The number of aryl methyl sites for hydroxylation is 1. The van der Waals surface area contributed by atoms with E-state index in [9.17, 15) is 0 Å². The molecular formula is C21H19NO. The highest BCUT2D eigenvalue weighted by molar-refractivity contribution is 6.09. The lowest BCUT2D eigenvalue weighted by atomic mass is 10.00. The molecule has 0 unspecified atom stereocenters. The van der Waals surface area contributed by atoms with Gasteiger partial charge in [-0.3, -0.25) is 4.98 Å². The van der Waals surface area contributed by atoms with Crippen LogP contribution in [0, 0.1) is 6.92 Å². The molecule has 0 aliphatic carbocycles. The van der Waals surface area contributed by atoms with Crippen LogP contribution in [0.25, 0.3) is 33.1 Å². The Kier molecular flexibility index (Phi) is 3.19. The van der Waals surface area contributed by atoms with E-state index < -0.39 is 0 Å². The van der Waals surface area contributed by atoms with E-state index in [4.69, 9.17) is 4.42 Å². The van der Waals surface area contributed by atoms with Gasteiger partial charge in [0.15, 0.2) is 0 Å². The van der Waals surface area contributed by atoms with Crippen LogP contribution in [-0.2, 0) is 0 Å². The Hall–Kier alpha value is -2.61. The predicted octanol–water partition coefficient (Wildman–Crippen LogP) is 6.08. The monoisotopic (exact) mass is 301 g/mol. The van der Waals surface area contributed by atoms with Gasteiger partial charge in [-0.25, -0.2) is 0 Å². The van der Waals surface area contributed by atoms with Gasteiger partial charge in [0.2, 0.25) is 0 Å². The van der Waals surface area contributed by atoms with Crippen LogP contribution in [0.1, 0.15) is 30.9 Å². The number of hydrogen-bond acceptors (Lipinski definition) is 2. The van der Waals surface area contributed by atoms with Crippen molar-refractivity contribution in [3.05, 3.63) is 66.0 Å². The second-order valence-corrected chi connectivity index (χ2v) is 6.41. The highest BCUT2D eigenvalue weighted by Crippen LogP contribution is 2.37. The summed E-state index contributed by atoms with van der Waals surface area (Å²) in [5.74, 6) is 0.426. The van der Waals surface area contributed by atoms with Crippen molar-refractivity contribution in [2.24, 2.45) is 0 Å². The van der Waals surface area contributed by atoms with E-state index in [0.717, 1.165) is 33.1 Å². The highest BCUT2D eigenvalue weighted by atomic mass is 16.3. The summed E-state index contributed by atoms with van der Waals surface area (Å²) in [7, 11) is 0. The third-order valence-corrected chi connectivity index (χ3v) is 4.42. The van der Waals surface area contributed by atoms with Crippen molar-refractivity contribution < 1.29 is 4.42 Å². The number of rotatable bonds is 2. The van der Waals surface area contributed by atoms with Gasteiger partial charge in [0.1, 0.15) is 11.2 Å². The molecule has 2 aromatic carbocycles. The second-order valence-electron chi connectivity index (χ2n) is 6.41. The van der Waals surface area contributed by atoms with Crippen LogP contribution in [0.4, 0.5) is 0 Å². The van der Waals surface area contributed by atoms with Crippen LogP contribution >= 0.6 is 0 Å². The minimum atomic E-state index is 0.426. The smallest absolute Gasteiger partial charge is 0.146 e. The molecule has 0 aliphatic heterocycles. The number of pyridine rings is 1. The summed E-state index contributed by atoms with van der Waals surface area (Å²) in [6.45, 7) is 6.49. The molecule has 4 rings (SSSR count). The average molecular weight is 301 g/mol. The van der Waals surface area contributed by atoms with Crippen molar-refractivity contribution in [1.82, 2.24) is 4.98 Å². The Labute approximate surface area is 135 Å². The van der Waals surface area contributed by atoms with Gasteiger partial charge in [-0.05, 0) is 24.0 Å². The van der Waals surface area contributed by atoms with E-state index in [2.05, 4.69) is 68.2 Å². The quantitative estimate of drug-likeness (QED) is 0.448. The van der Waals surface area contributed by atoms with Crippen LogP contribution in [0.2, 0.25) is 0 Å². The van der Waals surface area contributed by atoms with Crippen molar-refractivity contribution in [1.29, 1.82) is 0 Å². The van der Waals surface area contributed by atoms with Crippen LogP contribution in [0.15, 0.2) is 59.3 Å². The molecular weight excluding hydrogens is 282 g/mol. The molecule has 0 N–H and O–H groups in total. The first-order chi connectivity index (χ1) is 11.1. The molecule has 114 valence electrons. The molecule has 0 saturated heterocycles. The first-order valence-corrected chi connectivity index (χ1v) is 8.01. The Morgan fingerprint density at radius 3 is 2.39 bits per heavy atom. The van der Waals surface area contributed by atoms with Crippen LogP contribution in [-0.4, -0.2) is 4.98 Å². The first-order valence-electron chi connectivity index (χ1n) is 8.01. The SMILES string of the molecule is Cc1ccc(-c2cncc3c2oc2c(C(C)C)cccc23)cc1. The fourth-order valence-electron chi connectivity index (χ4n) is 3.13. The third kappa shape index (κ3) is 2.22. The minimum Gasteiger partial charge on any atom is -0.455 e. The molecule has 2 heteroatoms. The lowest BCUT2D eigenvalue weighted by Crippen LogP contribution is -1.86. The van der Waals surface area contributed by atoms with E-state index in [1.54, 1.807) is 0 Å². The van der Waals surface area contributed by atoms with Gasteiger partial charge in [0.25, 0.3) is 0 Å². The van der Waals surface area contributed by atoms with Gasteiger partial charge in [-0.2, -0.15) is 0 Å². The van der Waals surface area contributed by atoms with Crippen molar-refractivity contribution in [2.45, 2.75) is 26.7 Å². The number of fused-ring (bicyclic) bond motifs is 3. The van der Waals surface area contributed by atoms with Crippen LogP contribution in [0.5, 0.6) is 0 Å². The fourth-order valence-corrected chi connectivity index (χ4v) is 3.13. The fraction of sp³-hybridized carbons (Fsp3) is 0.190. The zero-order chi connectivity index (χ0) is 16.0. The minimum absolute atomic E-state index is 0.426. The summed E-state index contributed by atoms with van der Waals surface area (Å²) in [6, 6.07) is 14.9. The predicted molar refractivity (Wildman–Crippen MR) is 95.8 cm³/mol. The Balaban J connectivity index is 2.06. The molecule has 4 aromatic rings. The molecule has 2 nitrogen and oxygen atoms in total. The van der Waals surface area contributed by atoms with Gasteiger partial charge in [0.05, 0.1) is 0 Å². The van der Waals surface area contributed by atoms with Gasteiger partial charge in [-0.1, -0.05) is 61.9 Å². The van der Waals surface area contributed by atoms with E-state index in [0.29, 0.717) is 5.92 Å². The largest absolute Gasteiger partial charge is 0.455 e. The average Bonchev–Trinajstić information content (AvgIpc) is 2.94. The normalized spacial score (nSPS) is 11.7. The number of aromatic nitrogens is 1. The summed E-state index contributed by atoms with van der Waals surface area (Å²) in [5, 5.41) is 2.23. The number of para-hydroxylation sites is 1. The summed E-state index contributed by atoms with van der Waals surface area (Å²) in [5.41, 5.74) is 6.59. The maximum atomic E-state index is 6.32. The van der Waals surface area contributed by atoms with Crippen molar-refractivity contribution in [3.63, 3.8) is 0 Å². The summed E-state index contributed by atoms with van der Waals surface area (Å²) < 4.78 is 6.32. The molecule has 0 aliphatic rings. The van der Waals surface area contributed by atoms with E-state index in [1.165, 1.54) is 11.1 Å². The molecule has 2 aromatic heterocycles. The van der Waals surface area contributed by atoms with Crippen molar-refractivity contribution in [3.8, 4) is 11.1 Å². The van der Waals surface area contributed by atoms with E-state index in [-0.39, 0.29) is 0 Å². The number of benzene rings is 2. The van der Waals surface area contributed by atoms with Crippen molar-refractivity contribution >= 4 is 21.9 Å². The summed E-state index contributed by atoms with van der Waals surface area (Å²) in [4.78, 5) is 4.45. The molecule has 0 fully saturated rings. The Morgan fingerprint density at radius 1 is 0.870 bits per heavy atom. The number of hydrogen-bond donors (Lipinski definition) is 0. The molecule has 23 heavy (non-hydrogen) atoms. The van der Waals surface area contributed by atoms with Gasteiger partial charge in [0, 0.05) is 28.7 Å². The molecule has 0 bridgehead atoms. The Bertz CT molecular complexity index is 994. The van der Waals surface area contributed by atoms with Crippen LogP contribution < -0.4 is 0 Å². The Morgan fingerprint density at radius 2 is 1.65 bits per heavy atom. The second kappa shape index (κ2) is 5.24. The standard InChI is InChI=1S/C21H19NO/c1-13(2)16-5-4-6-17-19-12-22-11-18(21(19)23-20(16)17)15-9-7-14(3)8-10-15/h4-13H,1-3H3. The molecule has 0 saturated carbocycles. The third-order valence-electron chi connectivity index (χ3n) is 4.42. The maximum absolute atomic E-state index is 6.32. The van der Waals surface area contributed by atoms with Crippen molar-refractivity contribution in [2.75, 3.05) is 0 Å². The van der Waals surface area contributed by atoms with E-state index >= 15 is 0 Å². The zero-order valence-corrected chi connectivity index (χ0v) is 13.6. The van der Waals surface area contributed by atoms with Gasteiger partial charge in [-0.15, -0.1) is 0 Å². The molecule has 0 spiro atoms. The number of nitrogens with zero attached hydrogens (tertiary/aromatic N) is 1. The summed E-state index contributed by atoms with van der Waals surface area (Å²) >= 11 is 0. The number of furan rings is 1. The topological polar surface area (TPSA) is 26.0 Å². The molecule has 0 radical (unpaired) electrons. The molecule has 0 amide bonds.